The van der Waals surface area contributed by atoms with Crippen molar-refractivity contribution >= 4 is 87.2 Å². The van der Waals surface area contributed by atoms with Crippen LogP contribution in [0.5, 0.6) is 0 Å². The third kappa shape index (κ3) is 11.6. The molecular weight excluding hydrogens is 1470 g/mol. The van der Waals surface area contributed by atoms with Gasteiger partial charge in [-0.15, -0.1) is 0 Å². The molecular formula is C108H62N12. The Morgan fingerprint density at radius 1 is 0.200 bits per heavy atom. The fraction of sp³-hybridized carbons (Fsp3) is 0. The molecule has 0 fully saturated rings. The zero-order valence-corrected chi connectivity index (χ0v) is 64.2. The summed E-state index contributed by atoms with van der Waals surface area (Å²) in [4.78, 5) is 21.2. The van der Waals surface area contributed by atoms with Gasteiger partial charge in [0.2, 0.25) is 0 Å². The van der Waals surface area contributed by atoms with Crippen molar-refractivity contribution in [2.24, 2.45) is 0 Å². The fourth-order valence-electron chi connectivity index (χ4n) is 18.0. The SMILES string of the molecule is N#Cc1cccc(-c2ccc3c(c2)c2ccccc2n3-c2cnccc2-c2ccc(-c3cc(-c4ccc(-c5ccncc5-n5c6ccccc6c6cc(-c7cccc(C#N)c7)ccc65)c(-n5c6ccccc6c6cc(-c7cccc(C#N)c7)ccc65)c4)nc(-c4ccccc4)n3)cc2-n2c3ccccc3c3cc(-c4cccc(C#N)c4)ccc32)c1. The molecule has 15 aromatic carbocycles. The van der Waals surface area contributed by atoms with E-state index in [2.05, 4.69) is 303 Å². The molecule has 0 atom stereocenters. The third-order valence-electron chi connectivity index (χ3n) is 23.5. The minimum absolute atomic E-state index is 0.543. The van der Waals surface area contributed by atoms with Crippen LogP contribution in [0.1, 0.15) is 22.3 Å². The molecule has 120 heavy (non-hydrogen) atoms. The molecule has 0 N–H and O–H groups in total. The summed E-state index contributed by atoms with van der Waals surface area (Å²) >= 11 is 0. The number of rotatable bonds is 13. The van der Waals surface area contributed by atoms with Crippen LogP contribution in [0.15, 0.2) is 377 Å². The van der Waals surface area contributed by atoms with Gasteiger partial charge in [-0.25, -0.2) is 9.97 Å². The van der Waals surface area contributed by atoms with Crippen LogP contribution in [0.3, 0.4) is 0 Å². The largest absolute Gasteiger partial charge is 0.309 e. The van der Waals surface area contributed by atoms with Crippen LogP contribution in [-0.2, 0) is 0 Å². The first-order valence-electron chi connectivity index (χ1n) is 39.6. The normalized spacial score (nSPS) is 11.5. The fourth-order valence-corrected chi connectivity index (χ4v) is 18.0. The van der Waals surface area contributed by atoms with Gasteiger partial charge in [0, 0.05) is 94.4 Å². The number of para-hydroxylation sites is 4. The summed E-state index contributed by atoms with van der Waals surface area (Å²) in [7, 11) is 0. The van der Waals surface area contributed by atoms with E-state index >= 15 is 0 Å². The molecule has 0 radical (unpaired) electrons. The second kappa shape index (κ2) is 28.4. The van der Waals surface area contributed by atoms with Gasteiger partial charge in [-0.2, -0.15) is 21.0 Å². The second-order valence-electron chi connectivity index (χ2n) is 30.2. The summed E-state index contributed by atoms with van der Waals surface area (Å²) in [5.41, 5.74) is 29.4. The Balaban J connectivity index is 0.776. The Bertz CT molecular complexity index is 7790. The lowest BCUT2D eigenvalue weighted by molar-refractivity contribution is 1.13. The molecule has 0 unspecified atom stereocenters. The van der Waals surface area contributed by atoms with Crippen molar-refractivity contribution in [3.63, 3.8) is 0 Å². The average Bonchev–Trinajstić information content (AvgIpc) is 1.27. The standard InChI is InChI=1S/C108H62N12/c109-61-67-16-12-22-72(50-67)76-36-42-100-90(54-76)82-26-4-8-30-96(82)117(100)104-58-80(34-40-86(104)88-46-48-113-65-106(88)119-98-32-10-6-28-84(98)92-56-78(38-44-102(92)119)74-24-14-18-69(52-74)63-111)94-60-95(116-108(115-94)71-20-2-1-3-21-71)81-35-41-87(105(59-81)118-97-31-9-5-27-83(97)91-55-77(37-43-101(91)118)73-23-13-17-68(51-73)62-110)89-47-49-114-66-107(89)120-99-33-11-7-29-85(99)93-57-79(39-45-103(93)120)75-25-15-19-70(53-75)64-112/h1-60,65-66H. The number of nitriles is 4. The monoisotopic (exact) mass is 1530 g/mol. The smallest absolute Gasteiger partial charge is 0.160 e. The van der Waals surface area contributed by atoms with E-state index in [4.69, 9.17) is 19.9 Å². The predicted molar refractivity (Wildman–Crippen MR) is 483 cm³/mol. The van der Waals surface area contributed by atoms with Crippen molar-refractivity contribution in [1.82, 2.24) is 38.2 Å². The molecule has 0 saturated heterocycles. The van der Waals surface area contributed by atoms with E-state index in [9.17, 15) is 21.0 Å². The Labute approximate surface area is 688 Å². The molecule has 22 aromatic rings. The van der Waals surface area contributed by atoms with Crippen LogP contribution in [0.4, 0.5) is 0 Å². The first-order valence-corrected chi connectivity index (χ1v) is 39.6. The molecule has 0 amide bonds. The quantitative estimate of drug-likeness (QED) is 0.110. The van der Waals surface area contributed by atoms with Gasteiger partial charge in [-0.3, -0.25) is 9.97 Å². The molecule has 0 bridgehead atoms. The number of aromatic nitrogens is 8. The molecule has 554 valence electrons. The van der Waals surface area contributed by atoms with Gasteiger partial charge in [-0.1, -0.05) is 200 Å². The number of hydrogen-bond acceptors (Lipinski definition) is 8. The number of fused-ring (bicyclic) bond motifs is 12. The Kier molecular flexibility index (Phi) is 16.5. The maximum Gasteiger partial charge on any atom is 0.160 e. The minimum atomic E-state index is 0.543. The summed E-state index contributed by atoms with van der Waals surface area (Å²) in [5.74, 6) is 0.543. The van der Waals surface area contributed by atoms with Crippen LogP contribution in [-0.4, -0.2) is 38.2 Å². The van der Waals surface area contributed by atoms with E-state index in [1.807, 2.05) is 116 Å². The van der Waals surface area contributed by atoms with E-state index in [0.29, 0.717) is 39.5 Å². The molecule has 22 rings (SSSR count). The molecule has 7 aromatic heterocycles. The predicted octanol–water partition coefficient (Wildman–Crippen LogP) is 26.1. The maximum atomic E-state index is 10.1. The van der Waals surface area contributed by atoms with Crippen LogP contribution in [0, 0.1) is 45.3 Å². The Hall–Kier alpha value is -17.2. The summed E-state index contributed by atoms with van der Waals surface area (Å²) in [5, 5.41) is 48.7. The van der Waals surface area contributed by atoms with Crippen molar-refractivity contribution in [3.8, 4) is 148 Å². The number of hydrogen-bond donors (Lipinski definition) is 0. The summed E-state index contributed by atoms with van der Waals surface area (Å²) < 4.78 is 9.44. The first kappa shape index (κ1) is 69.5. The van der Waals surface area contributed by atoms with Crippen molar-refractivity contribution in [2.75, 3.05) is 0 Å². The van der Waals surface area contributed by atoms with Gasteiger partial charge >= 0.3 is 0 Å². The van der Waals surface area contributed by atoms with Crippen LogP contribution in [0.25, 0.3) is 211 Å². The van der Waals surface area contributed by atoms with E-state index in [1.54, 1.807) is 0 Å². The number of pyridine rings is 2. The molecule has 0 spiro atoms. The molecule has 0 aliphatic carbocycles. The van der Waals surface area contributed by atoms with Crippen molar-refractivity contribution in [1.29, 1.82) is 21.0 Å². The van der Waals surface area contributed by atoms with Crippen LogP contribution in [0.2, 0.25) is 0 Å². The van der Waals surface area contributed by atoms with Gasteiger partial charge in [0.25, 0.3) is 0 Å². The first-order chi connectivity index (χ1) is 59.3. The van der Waals surface area contributed by atoms with Crippen molar-refractivity contribution < 1.29 is 0 Å². The van der Waals surface area contributed by atoms with Crippen LogP contribution < -0.4 is 0 Å². The molecule has 12 nitrogen and oxygen atoms in total. The van der Waals surface area contributed by atoms with Gasteiger partial charge in [0.1, 0.15) is 0 Å². The van der Waals surface area contributed by atoms with E-state index in [0.717, 1.165) is 193 Å². The lowest BCUT2D eigenvalue weighted by atomic mass is 9.97. The summed E-state index contributed by atoms with van der Waals surface area (Å²) in [6.45, 7) is 0. The zero-order valence-electron chi connectivity index (χ0n) is 64.2. The van der Waals surface area contributed by atoms with Gasteiger partial charge in [0.15, 0.2) is 5.82 Å². The second-order valence-corrected chi connectivity index (χ2v) is 30.2. The van der Waals surface area contributed by atoms with Gasteiger partial charge in [-0.05, 0) is 196 Å². The lowest BCUT2D eigenvalue weighted by Gasteiger charge is -2.20. The summed E-state index contributed by atoms with van der Waals surface area (Å²) in [6, 6.07) is 131. The van der Waals surface area contributed by atoms with E-state index in [-0.39, 0.29) is 0 Å². The van der Waals surface area contributed by atoms with Gasteiger partial charge < -0.3 is 18.3 Å². The molecule has 7 heterocycles. The zero-order chi connectivity index (χ0) is 80.1. The van der Waals surface area contributed by atoms with E-state index in [1.165, 1.54) is 0 Å². The topological polar surface area (TPSA) is 166 Å². The Morgan fingerprint density at radius 2 is 0.475 bits per heavy atom. The highest BCUT2D eigenvalue weighted by atomic mass is 15.0. The highest BCUT2D eigenvalue weighted by molar-refractivity contribution is 6.16. The van der Waals surface area contributed by atoms with Gasteiger partial charge in [0.05, 0.1) is 137 Å². The average molecular weight is 1530 g/mol. The maximum absolute atomic E-state index is 10.1. The minimum Gasteiger partial charge on any atom is -0.309 e. The number of nitrogens with zero attached hydrogens (tertiary/aromatic N) is 12. The molecule has 0 aliphatic heterocycles. The highest BCUT2D eigenvalue weighted by Gasteiger charge is 2.27. The van der Waals surface area contributed by atoms with Crippen LogP contribution >= 0.6 is 0 Å². The summed E-state index contributed by atoms with van der Waals surface area (Å²) in [6.07, 6.45) is 7.70. The Morgan fingerprint density at radius 3 is 0.808 bits per heavy atom. The molecule has 0 saturated carbocycles. The molecule has 0 aliphatic rings. The van der Waals surface area contributed by atoms with Crippen molar-refractivity contribution in [2.45, 2.75) is 0 Å². The molecule has 12 heteroatoms. The number of benzene rings is 15. The highest BCUT2D eigenvalue weighted by Crippen LogP contribution is 2.48. The lowest BCUT2D eigenvalue weighted by Crippen LogP contribution is -2.04. The van der Waals surface area contributed by atoms with E-state index < -0.39 is 0 Å². The van der Waals surface area contributed by atoms with Crippen molar-refractivity contribution in [3.05, 3.63) is 399 Å². The third-order valence-corrected chi connectivity index (χ3v) is 23.5.